The van der Waals surface area contributed by atoms with E-state index < -0.39 is 17.7 Å². The summed E-state index contributed by atoms with van der Waals surface area (Å²) in [4.78, 5) is 38.2. The maximum Gasteiger partial charge on any atom is 0.407 e. The molecule has 3 rings (SSSR count). The molecule has 2 aliphatic rings. The summed E-state index contributed by atoms with van der Waals surface area (Å²) in [7, 11) is 0. The Bertz CT molecular complexity index is 702. The standard InChI is InChI=1S/C15H14N2O5/c18-12-9-3-1-2-4-10(9)13(19)14(20)11(12)16-5-7-17(8-6-16)15(21)22/h1-4,18H,5-8H2,(H,21,22). The largest absolute Gasteiger partial charge is 0.505 e. The lowest BCUT2D eigenvalue weighted by atomic mass is 9.91. The van der Waals surface area contributed by atoms with Crippen LogP contribution in [0.2, 0.25) is 0 Å². The van der Waals surface area contributed by atoms with E-state index in [9.17, 15) is 19.5 Å². The molecule has 1 aliphatic carbocycles. The topological polar surface area (TPSA) is 98.2 Å². The van der Waals surface area contributed by atoms with Crippen molar-refractivity contribution in [2.75, 3.05) is 26.2 Å². The van der Waals surface area contributed by atoms with E-state index in [4.69, 9.17) is 5.11 Å². The Morgan fingerprint density at radius 2 is 1.55 bits per heavy atom. The minimum atomic E-state index is -1.02. The lowest BCUT2D eigenvalue weighted by Gasteiger charge is -2.36. The van der Waals surface area contributed by atoms with E-state index in [1.165, 1.54) is 11.0 Å². The smallest absolute Gasteiger partial charge is 0.407 e. The maximum absolute atomic E-state index is 12.3. The van der Waals surface area contributed by atoms with Crippen molar-refractivity contribution < 1.29 is 24.6 Å². The van der Waals surface area contributed by atoms with Crippen molar-refractivity contribution in [3.05, 3.63) is 41.1 Å². The van der Waals surface area contributed by atoms with Gasteiger partial charge in [-0.05, 0) is 0 Å². The number of ketones is 2. The second-order valence-electron chi connectivity index (χ2n) is 5.16. The van der Waals surface area contributed by atoms with E-state index in [2.05, 4.69) is 0 Å². The van der Waals surface area contributed by atoms with Crippen LogP contribution in [-0.4, -0.2) is 63.9 Å². The van der Waals surface area contributed by atoms with Gasteiger partial charge in [0.05, 0.1) is 0 Å². The summed E-state index contributed by atoms with van der Waals surface area (Å²) in [5.74, 6) is -1.62. The van der Waals surface area contributed by atoms with Crippen molar-refractivity contribution in [3.8, 4) is 0 Å². The third kappa shape index (κ3) is 2.11. The quantitative estimate of drug-likeness (QED) is 0.750. The van der Waals surface area contributed by atoms with Crippen LogP contribution in [0.15, 0.2) is 30.0 Å². The van der Waals surface area contributed by atoms with Crippen molar-refractivity contribution in [3.63, 3.8) is 0 Å². The number of fused-ring (bicyclic) bond motifs is 1. The molecule has 1 amide bonds. The molecule has 0 radical (unpaired) electrons. The zero-order valence-corrected chi connectivity index (χ0v) is 11.7. The Balaban J connectivity index is 1.95. The number of carbonyl (C=O) groups excluding carboxylic acids is 2. The van der Waals surface area contributed by atoms with Crippen molar-refractivity contribution in [1.29, 1.82) is 0 Å². The third-order valence-electron chi connectivity index (χ3n) is 3.94. The summed E-state index contributed by atoms with van der Waals surface area (Å²) in [6.45, 7) is 0.949. The van der Waals surface area contributed by atoms with E-state index >= 15 is 0 Å². The van der Waals surface area contributed by atoms with Crippen LogP contribution in [0, 0.1) is 0 Å². The van der Waals surface area contributed by atoms with Crippen LogP contribution in [0.3, 0.4) is 0 Å². The number of aliphatic hydroxyl groups is 1. The number of aliphatic hydroxyl groups excluding tert-OH is 1. The SMILES string of the molecule is O=C1C(=O)c2ccccc2C(O)=C1N1CCN(C(=O)O)CC1. The molecule has 1 aromatic carbocycles. The summed E-state index contributed by atoms with van der Waals surface area (Å²) in [6, 6.07) is 6.40. The fourth-order valence-electron chi connectivity index (χ4n) is 2.77. The summed E-state index contributed by atoms with van der Waals surface area (Å²) in [6.07, 6.45) is -1.02. The monoisotopic (exact) mass is 302 g/mol. The lowest BCUT2D eigenvalue weighted by molar-refractivity contribution is -0.113. The van der Waals surface area contributed by atoms with Crippen molar-refractivity contribution in [1.82, 2.24) is 9.80 Å². The van der Waals surface area contributed by atoms with Gasteiger partial charge in [0.25, 0.3) is 5.78 Å². The Hall–Kier alpha value is -2.83. The molecule has 0 atom stereocenters. The number of hydrogen-bond donors (Lipinski definition) is 2. The zero-order valence-electron chi connectivity index (χ0n) is 11.7. The summed E-state index contributed by atoms with van der Waals surface area (Å²) in [5.41, 5.74) is 0.495. The van der Waals surface area contributed by atoms with E-state index in [0.29, 0.717) is 5.56 Å². The van der Waals surface area contributed by atoms with Crippen LogP contribution in [0.25, 0.3) is 5.76 Å². The first-order valence-electron chi connectivity index (χ1n) is 6.85. The Kier molecular flexibility index (Phi) is 3.32. The normalized spacial score (nSPS) is 18.5. The molecule has 114 valence electrons. The lowest BCUT2D eigenvalue weighted by Crippen LogP contribution is -2.50. The molecule has 1 saturated heterocycles. The number of carboxylic acid groups (broad SMARTS) is 1. The fraction of sp³-hybridized carbons (Fsp3) is 0.267. The second kappa shape index (κ2) is 5.18. The Morgan fingerprint density at radius 1 is 0.955 bits per heavy atom. The van der Waals surface area contributed by atoms with E-state index in [1.807, 2.05) is 0 Å². The molecule has 0 saturated carbocycles. The zero-order chi connectivity index (χ0) is 15.9. The van der Waals surface area contributed by atoms with Gasteiger partial charge in [-0.1, -0.05) is 24.3 Å². The molecule has 1 aliphatic heterocycles. The first-order valence-corrected chi connectivity index (χ1v) is 6.85. The number of amides is 1. The summed E-state index contributed by atoms with van der Waals surface area (Å²) >= 11 is 0. The first kappa shape index (κ1) is 14.1. The molecule has 0 aromatic heterocycles. The predicted molar refractivity (Wildman–Crippen MR) is 76.5 cm³/mol. The van der Waals surface area contributed by atoms with Gasteiger partial charge >= 0.3 is 6.09 Å². The molecule has 2 N–H and O–H groups in total. The van der Waals surface area contributed by atoms with Crippen molar-refractivity contribution >= 4 is 23.4 Å². The van der Waals surface area contributed by atoms with Gasteiger partial charge in [-0.15, -0.1) is 0 Å². The van der Waals surface area contributed by atoms with E-state index in [-0.39, 0.29) is 43.2 Å². The second-order valence-corrected chi connectivity index (χ2v) is 5.16. The number of allylic oxidation sites excluding steroid dienone is 1. The van der Waals surface area contributed by atoms with Crippen molar-refractivity contribution in [2.24, 2.45) is 0 Å². The molecule has 0 unspecified atom stereocenters. The van der Waals surface area contributed by atoms with Crippen LogP contribution in [0.5, 0.6) is 0 Å². The Labute approximate surface area is 126 Å². The van der Waals surface area contributed by atoms with Gasteiger partial charge in [-0.2, -0.15) is 0 Å². The number of hydrogen-bond acceptors (Lipinski definition) is 5. The average Bonchev–Trinajstić information content (AvgIpc) is 2.53. The molecule has 1 heterocycles. The van der Waals surface area contributed by atoms with Gasteiger partial charge in [-0.25, -0.2) is 4.79 Å². The van der Waals surface area contributed by atoms with E-state index in [1.54, 1.807) is 23.1 Å². The van der Waals surface area contributed by atoms with Gasteiger partial charge in [0.1, 0.15) is 5.70 Å². The average molecular weight is 302 g/mol. The summed E-state index contributed by atoms with van der Waals surface area (Å²) in [5, 5.41) is 19.3. The predicted octanol–water partition coefficient (Wildman–Crippen LogP) is 0.974. The van der Waals surface area contributed by atoms with Crippen LogP contribution in [0.4, 0.5) is 4.79 Å². The minimum Gasteiger partial charge on any atom is -0.505 e. The Morgan fingerprint density at radius 3 is 2.14 bits per heavy atom. The van der Waals surface area contributed by atoms with Crippen LogP contribution < -0.4 is 0 Å². The highest BCUT2D eigenvalue weighted by Gasteiger charge is 2.37. The molecule has 0 bridgehead atoms. The minimum absolute atomic E-state index is 0.0336. The van der Waals surface area contributed by atoms with Gasteiger partial charge in [0.15, 0.2) is 5.76 Å². The highest BCUT2D eigenvalue weighted by Crippen LogP contribution is 2.29. The molecular formula is C15H14N2O5. The first-order chi connectivity index (χ1) is 10.5. The highest BCUT2D eigenvalue weighted by molar-refractivity contribution is 6.52. The van der Waals surface area contributed by atoms with Crippen LogP contribution in [-0.2, 0) is 4.79 Å². The maximum atomic E-state index is 12.3. The number of carbonyl (C=O) groups is 3. The number of nitrogens with zero attached hydrogens (tertiary/aromatic N) is 2. The van der Waals surface area contributed by atoms with Crippen LogP contribution in [0.1, 0.15) is 15.9 Å². The summed E-state index contributed by atoms with van der Waals surface area (Å²) < 4.78 is 0. The molecule has 7 nitrogen and oxygen atoms in total. The van der Waals surface area contributed by atoms with Crippen molar-refractivity contribution in [2.45, 2.75) is 0 Å². The van der Waals surface area contributed by atoms with Crippen LogP contribution >= 0.6 is 0 Å². The molecule has 1 aromatic rings. The highest BCUT2D eigenvalue weighted by atomic mass is 16.4. The van der Waals surface area contributed by atoms with Gasteiger partial charge in [0.2, 0.25) is 5.78 Å². The number of rotatable bonds is 1. The van der Waals surface area contributed by atoms with Gasteiger partial charge in [0, 0.05) is 37.3 Å². The molecule has 7 heteroatoms. The molecule has 22 heavy (non-hydrogen) atoms. The van der Waals surface area contributed by atoms with Gasteiger partial charge in [-0.3, -0.25) is 9.59 Å². The number of benzene rings is 1. The fourth-order valence-corrected chi connectivity index (χ4v) is 2.77. The molecule has 1 fully saturated rings. The molecular weight excluding hydrogens is 288 g/mol. The third-order valence-corrected chi connectivity index (χ3v) is 3.94. The van der Waals surface area contributed by atoms with Gasteiger partial charge < -0.3 is 20.0 Å². The number of Topliss-reactive ketones (excluding diaryl/α,β-unsaturated/α-hetero) is 2. The van der Waals surface area contributed by atoms with E-state index in [0.717, 1.165) is 0 Å². The number of piperazine rings is 1. The molecule has 0 spiro atoms.